The summed E-state index contributed by atoms with van der Waals surface area (Å²) < 4.78 is 11.5. The molecule has 0 unspecified atom stereocenters. The van der Waals surface area contributed by atoms with Crippen molar-refractivity contribution in [1.29, 1.82) is 0 Å². The van der Waals surface area contributed by atoms with E-state index < -0.39 is 0 Å². The molecule has 106 valence electrons. The summed E-state index contributed by atoms with van der Waals surface area (Å²) in [6.45, 7) is 5.57. The fourth-order valence-electron chi connectivity index (χ4n) is 1.69. The molecule has 2 rings (SSSR count). The van der Waals surface area contributed by atoms with Crippen molar-refractivity contribution in [2.45, 2.75) is 6.92 Å². The normalized spacial score (nSPS) is 11.4. The van der Waals surface area contributed by atoms with Gasteiger partial charge in [-0.2, -0.15) is 0 Å². The molecule has 2 nitrogen and oxygen atoms in total. The first-order valence-electron chi connectivity index (χ1n) is 6.78. The first kappa shape index (κ1) is 14.7. The van der Waals surface area contributed by atoms with Crippen LogP contribution in [0.15, 0.2) is 91.2 Å². The van der Waals surface area contributed by atoms with Crippen LogP contribution >= 0.6 is 0 Å². The Labute approximate surface area is 125 Å². The first-order chi connectivity index (χ1) is 10.3. The number of rotatable bonds is 6. The van der Waals surface area contributed by atoms with Crippen molar-refractivity contribution in [2.75, 3.05) is 0 Å². The molecule has 21 heavy (non-hydrogen) atoms. The summed E-state index contributed by atoms with van der Waals surface area (Å²) in [5.41, 5.74) is 0. The van der Waals surface area contributed by atoms with E-state index in [1.807, 2.05) is 79.7 Å². The molecule has 0 radical (unpaired) electrons. The Morgan fingerprint density at radius 2 is 1.52 bits per heavy atom. The molecule has 0 heterocycles. The lowest BCUT2D eigenvalue weighted by Gasteiger charge is -2.08. The van der Waals surface area contributed by atoms with Gasteiger partial charge < -0.3 is 9.47 Å². The van der Waals surface area contributed by atoms with E-state index in [4.69, 9.17) is 9.47 Å². The maximum Gasteiger partial charge on any atom is 0.127 e. The predicted octanol–water partition coefficient (Wildman–Crippen LogP) is 5.50. The molecule has 2 aromatic rings. The van der Waals surface area contributed by atoms with Crippen LogP contribution < -0.4 is 9.47 Å². The van der Waals surface area contributed by atoms with Gasteiger partial charge in [-0.05, 0) is 55.5 Å². The molecule has 0 aliphatic carbocycles. The van der Waals surface area contributed by atoms with Crippen molar-refractivity contribution < 1.29 is 9.47 Å². The van der Waals surface area contributed by atoms with E-state index in [9.17, 15) is 0 Å². The number of para-hydroxylation sites is 1. The highest BCUT2D eigenvalue weighted by molar-refractivity contribution is 5.36. The predicted molar refractivity (Wildman–Crippen MR) is 86.7 cm³/mol. The van der Waals surface area contributed by atoms with Crippen LogP contribution in [0.1, 0.15) is 6.92 Å². The van der Waals surface area contributed by atoms with Gasteiger partial charge in [0, 0.05) is 0 Å². The molecule has 0 amide bonds. The van der Waals surface area contributed by atoms with Crippen LogP contribution in [0.4, 0.5) is 0 Å². The van der Waals surface area contributed by atoms with Gasteiger partial charge in [0.15, 0.2) is 0 Å². The Balaban J connectivity index is 2.02. The van der Waals surface area contributed by atoms with Gasteiger partial charge in [0.2, 0.25) is 0 Å². The molecule has 2 heteroatoms. The van der Waals surface area contributed by atoms with Gasteiger partial charge in [-0.15, -0.1) is 0 Å². The van der Waals surface area contributed by atoms with Crippen molar-refractivity contribution in [1.82, 2.24) is 0 Å². The molecular weight excluding hydrogens is 260 g/mol. The number of hydrogen-bond donors (Lipinski definition) is 0. The van der Waals surface area contributed by atoms with Crippen molar-refractivity contribution in [2.24, 2.45) is 0 Å². The zero-order valence-electron chi connectivity index (χ0n) is 12.0. The van der Waals surface area contributed by atoms with Gasteiger partial charge >= 0.3 is 0 Å². The van der Waals surface area contributed by atoms with Crippen LogP contribution in [0.5, 0.6) is 17.2 Å². The van der Waals surface area contributed by atoms with Crippen molar-refractivity contribution >= 4 is 0 Å². The second-order valence-electron chi connectivity index (χ2n) is 4.27. The average molecular weight is 278 g/mol. The molecule has 0 atom stereocenters. The Hall–Kier alpha value is -2.74. The summed E-state index contributed by atoms with van der Waals surface area (Å²) in [5.74, 6) is 3.12. The average Bonchev–Trinajstić information content (AvgIpc) is 2.54. The van der Waals surface area contributed by atoms with Crippen LogP contribution in [0.3, 0.4) is 0 Å². The van der Waals surface area contributed by atoms with E-state index in [1.54, 1.807) is 6.08 Å². The Kier molecular flexibility index (Phi) is 5.41. The maximum atomic E-state index is 5.74. The molecule has 0 aromatic heterocycles. The SMILES string of the molecule is C=C/C=C\C(=C/C)Oc1ccc(Oc2ccccc2)cc1. The lowest BCUT2D eigenvalue weighted by molar-refractivity contribution is 0.440. The number of benzene rings is 2. The highest BCUT2D eigenvalue weighted by Crippen LogP contribution is 2.24. The minimum absolute atomic E-state index is 0.761. The molecule has 0 N–H and O–H groups in total. The molecule has 0 aliphatic rings. The zero-order valence-corrected chi connectivity index (χ0v) is 12.0. The third kappa shape index (κ3) is 4.69. The number of allylic oxidation sites excluding steroid dienone is 4. The number of hydrogen-bond acceptors (Lipinski definition) is 2. The van der Waals surface area contributed by atoms with Crippen molar-refractivity contribution in [3.05, 3.63) is 91.2 Å². The van der Waals surface area contributed by atoms with Gasteiger partial charge in [0.25, 0.3) is 0 Å². The maximum absolute atomic E-state index is 5.74. The van der Waals surface area contributed by atoms with Crippen LogP contribution in [-0.2, 0) is 0 Å². The third-order valence-electron chi connectivity index (χ3n) is 2.72. The summed E-state index contributed by atoms with van der Waals surface area (Å²) in [6, 6.07) is 17.2. The second kappa shape index (κ2) is 7.75. The van der Waals surface area contributed by atoms with Crippen LogP contribution in [0, 0.1) is 0 Å². The molecule has 0 spiro atoms. The minimum atomic E-state index is 0.761. The second-order valence-corrected chi connectivity index (χ2v) is 4.27. The summed E-state index contributed by atoms with van der Waals surface area (Å²) in [5, 5.41) is 0. The van der Waals surface area contributed by atoms with Gasteiger partial charge in [-0.25, -0.2) is 0 Å². The lowest BCUT2D eigenvalue weighted by atomic mass is 10.3. The van der Waals surface area contributed by atoms with Crippen molar-refractivity contribution in [3.8, 4) is 17.2 Å². The largest absolute Gasteiger partial charge is 0.458 e. The van der Waals surface area contributed by atoms with E-state index in [2.05, 4.69) is 6.58 Å². The fraction of sp³-hybridized carbons (Fsp3) is 0.0526. The molecule has 0 fully saturated rings. The molecule has 0 saturated heterocycles. The Morgan fingerprint density at radius 3 is 2.14 bits per heavy atom. The topological polar surface area (TPSA) is 18.5 Å². The van der Waals surface area contributed by atoms with Crippen molar-refractivity contribution in [3.63, 3.8) is 0 Å². The van der Waals surface area contributed by atoms with E-state index in [0.717, 1.165) is 23.0 Å². The monoisotopic (exact) mass is 278 g/mol. The Morgan fingerprint density at radius 1 is 0.905 bits per heavy atom. The van der Waals surface area contributed by atoms with E-state index in [0.29, 0.717) is 0 Å². The van der Waals surface area contributed by atoms with Crippen LogP contribution in [0.25, 0.3) is 0 Å². The molecule has 0 aliphatic heterocycles. The molecule has 0 saturated carbocycles. The molecule has 0 bridgehead atoms. The standard InChI is InChI=1S/C19H18O2/c1-3-5-9-16(4-2)20-18-12-14-19(15-13-18)21-17-10-7-6-8-11-17/h3-15H,1H2,2H3/b9-5-,16-4+. The van der Waals surface area contributed by atoms with Crippen LogP contribution in [0.2, 0.25) is 0 Å². The van der Waals surface area contributed by atoms with Gasteiger partial charge in [-0.1, -0.05) is 36.9 Å². The third-order valence-corrected chi connectivity index (χ3v) is 2.72. The smallest absolute Gasteiger partial charge is 0.127 e. The first-order valence-corrected chi connectivity index (χ1v) is 6.78. The fourth-order valence-corrected chi connectivity index (χ4v) is 1.69. The van der Waals surface area contributed by atoms with E-state index in [-0.39, 0.29) is 0 Å². The summed E-state index contributed by atoms with van der Waals surface area (Å²) in [7, 11) is 0. The molecular formula is C19H18O2. The Bertz CT molecular complexity index is 622. The lowest BCUT2D eigenvalue weighted by Crippen LogP contribution is -1.91. The summed E-state index contributed by atoms with van der Waals surface area (Å²) >= 11 is 0. The van der Waals surface area contributed by atoms with Gasteiger partial charge in [0.1, 0.15) is 23.0 Å². The van der Waals surface area contributed by atoms with E-state index >= 15 is 0 Å². The van der Waals surface area contributed by atoms with Gasteiger partial charge in [0.05, 0.1) is 0 Å². The highest BCUT2D eigenvalue weighted by Gasteiger charge is 1.99. The highest BCUT2D eigenvalue weighted by atomic mass is 16.5. The number of ether oxygens (including phenoxy) is 2. The van der Waals surface area contributed by atoms with Gasteiger partial charge in [-0.3, -0.25) is 0 Å². The zero-order chi connectivity index (χ0) is 14.9. The van der Waals surface area contributed by atoms with Crippen LogP contribution in [-0.4, -0.2) is 0 Å². The minimum Gasteiger partial charge on any atom is -0.458 e. The quantitative estimate of drug-likeness (QED) is 0.513. The summed E-state index contributed by atoms with van der Waals surface area (Å²) in [4.78, 5) is 0. The summed E-state index contributed by atoms with van der Waals surface area (Å²) in [6.07, 6.45) is 7.31. The molecule has 2 aromatic carbocycles. The van der Waals surface area contributed by atoms with E-state index in [1.165, 1.54) is 0 Å².